The van der Waals surface area contributed by atoms with E-state index >= 15 is 0 Å². The zero-order valence-electron chi connectivity index (χ0n) is 9.25. The lowest BCUT2D eigenvalue weighted by atomic mass is 10.3. The molecule has 3 nitrogen and oxygen atoms in total. The van der Waals surface area contributed by atoms with Gasteiger partial charge in [0.1, 0.15) is 0 Å². The van der Waals surface area contributed by atoms with Crippen LogP contribution in [-0.4, -0.2) is 37.3 Å². The van der Waals surface area contributed by atoms with E-state index in [9.17, 15) is 4.79 Å². The summed E-state index contributed by atoms with van der Waals surface area (Å²) >= 11 is 1.79. The lowest BCUT2D eigenvalue weighted by Crippen LogP contribution is -2.11. The maximum absolute atomic E-state index is 11.1. The van der Waals surface area contributed by atoms with E-state index < -0.39 is 0 Å². The minimum Gasteiger partial charge on any atom is -0.466 e. The molecule has 0 rings (SSSR count). The Labute approximate surface area is 90.5 Å². The quantitative estimate of drug-likeness (QED) is 0.463. The number of carbonyl (C=O) groups excluding carboxylic acids is 1. The maximum atomic E-state index is 11.1. The highest BCUT2D eigenvalue weighted by molar-refractivity contribution is 7.99. The predicted molar refractivity (Wildman–Crippen MR) is 59.7 cm³/mol. The van der Waals surface area contributed by atoms with Crippen molar-refractivity contribution in [2.45, 2.75) is 31.9 Å². The van der Waals surface area contributed by atoms with Crippen molar-refractivity contribution in [2.24, 2.45) is 0 Å². The van der Waals surface area contributed by atoms with Crippen LogP contribution in [0.1, 0.15) is 26.7 Å². The van der Waals surface area contributed by atoms with Gasteiger partial charge in [0, 0.05) is 19.0 Å². The van der Waals surface area contributed by atoms with Crippen LogP contribution in [0.25, 0.3) is 0 Å². The van der Waals surface area contributed by atoms with Gasteiger partial charge in [0.15, 0.2) is 0 Å². The fraction of sp³-hybridized carbons (Fsp3) is 0.900. The SMILES string of the molecule is CCOC(=O)CC(C)SCCCOC. The first-order chi connectivity index (χ1) is 6.70. The molecule has 0 aliphatic carbocycles. The lowest BCUT2D eigenvalue weighted by Gasteiger charge is -2.09. The summed E-state index contributed by atoms with van der Waals surface area (Å²) in [7, 11) is 1.70. The van der Waals surface area contributed by atoms with E-state index in [1.807, 2.05) is 13.8 Å². The van der Waals surface area contributed by atoms with Crippen molar-refractivity contribution >= 4 is 17.7 Å². The van der Waals surface area contributed by atoms with E-state index in [4.69, 9.17) is 9.47 Å². The standard InChI is InChI=1S/C10H20O3S/c1-4-13-10(11)8-9(2)14-7-5-6-12-3/h9H,4-8H2,1-3H3. The Morgan fingerprint density at radius 3 is 2.79 bits per heavy atom. The summed E-state index contributed by atoms with van der Waals surface area (Å²) in [4.78, 5) is 11.1. The van der Waals surface area contributed by atoms with Crippen molar-refractivity contribution in [3.05, 3.63) is 0 Å². The molecule has 0 saturated carbocycles. The third kappa shape index (κ3) is 8.38. The second-order valence-electron chi connectivity index (χ2n) is 3.04. The summed E-state index contributed by atoms with van der Waals surface area (Å²) in [5.41, 5.74) is 0. The van der Waals surface area contributed by atoms with Gasteiger partial charge in [0.2, 0.25) is 0 Å². The highest BCUT2D eigenvalue weighted by Crippen LogP contribution is 2.15. The van der Waals surface area contributed by atoms with Crippen LogP contribution < -0.4 is 0 Å². The average Bonchev–Trinajstić information content (AvgIpc) is 2.13. The van der Waals surface area contributed by atoms with Crippen molar-refractivity contribution in [2.75, 3.05) is 26.1 Å². The first kappa shape index (κ1) is 13.8. The fourth-order valence-corrected chi connectivity index (χ4v) is 1.94. The molecule has 0 amide bonds. The second kappa shape index (κ2) is 9.34. The Hall–Kier alpha value is -0.220. The average molecular weight is 220 g/mol. The molecular formula is C10H20O3S. The van der Waals surface area contributed by atoms with Gasteiger partial charge in [-0.1, -0.05) is 6.92 Å². The summed E-state index contributed by atoms with van der Waals surface area (Å²) < 4.78 is 9.80. The molecule has 0 bridgehead atoms. The third-order valence-electron chi connectivity index (χ3n) is 1.65. The van der Waals surface area contributed by atoms with Gasteiger partial charge in [-0.3, -0.25) is 4.79 Å². The van der Waals surface area contributed by atoms with E-state index in [-0.39, 0.29) is 5.97 Å². The Morgan fingerprint density at radius 1 is 1.50 bits per heavy atom. The van der Waals surface area contributed by atoms with Gasteiger partial charge in [0.05, 0.1) is 13.0 Å². The molecule has 0 aromatic heterocycles. The molecule has 0 fully saturated rings. The predicted octanol–water partition coefficient (Wildman–Crippen LogP) is 2.10. The van der Waals surface area contributed by atoms with Crippen LogP contribution in [-0.2, 0) is 14.3 Å². The Morgan fingerprint density at radius 2 is 2.21 bits per heavy atom. The Kier molecular flexibility index (Phi) is 9.19. The molecule has 84 valence electrons. The first-order valence-corrected chi connectivity index (χ1v) is 6.01. The van der Waals surface area contributed by atoms with Crippen LogP contribution in [0.3, 0.4) is 0 Å². The summed E-state index contributed by atoms with van der Waals surface area (Å²) in [5, 5.41) is 0.339. The molecule has 1 unspecified atom stereocenters. The summed E-state index contributed by atoms with van der Waals surface area (Å²) in [6, 6.07) is 0. The van der Waals surface area contributed by atoms with Crippen molar-refractivity contribution in [3.63, 3.8) is 0 Å². The number of methoxy groups -OCH3 is 1. The molecule has 0 aliphatic heterocycles. The second-order valence-corrected chi connectivity index (χ2v) is 4.58. The van der Waals surface area contributed by atoms with E-state index in [0.717, 1.165) is 18.8 Å². The zero-order valence-corrected chi connectivity index (χ0v) is 10.1. The van der Waals surface area contributed by atoms with Gasteiger partial charge in [-0.05, 0) is 19.1 Å². The highest BCUT2D eigenvalue weighted by atomic mass is 32.2. The number of ether oxygens (including phenoxy) is 2. The summed E-state index contributed by atoms with van der Waals surface area (Å²) in [6.07, 6.45) is 1.54. The maximum Gasteiger partial charge on any atom is 0.306 e. The largest absolute Gasteiger partial charge is 0.466 e. The molecule has 0 heterocycles. The van der Waals surface area contributed by atoms with Crippen LogP contribution in [0, 0.1) is 0 Å². The number of hydrogen-bond acceptors (Lipinski definition) is 4. The van der Waals surface area contributed by atoms with Crippen LogP contribution in [0.15, 0.2) is 0 Å². The number of hydrogen-bond donors (Lipinski definition) is 0. The molecule has 0 spiro atoms. The topological polar surface area (TPSA) is 35.5 Å². The van der Waals surface area contributed by atoms with Crippen molar-refractivity contribution in [3.8, 4) is 0 Å². The van der Waals surface area contributed by atoms with Crippen LogP contribution >= 0.6 is 11.8 Å². The van der Waals surface area contributed by atoms with E-state index in [2.05, 4.69) is 0 Å². The van der Waals surface area contributed by atoms with Gasteiger partial charge < -0.3 is 9.47 Å². The smallest absolute Gasteiger partial charge is 0.306 e. The molecule has 0 aliphatic rings. The molecule has 0 N–H and O–H groups in total. The van der Waals surface area contributed by atoms with Gasteiger partial charge >= 0.3 is 5.97 Å². The molecule has 14 heavy (non-hydrogen) atoms. The normalized spacial score (nSPS) is 12.5. The number of thioether (sulfide) groups is 1. The minimum atomic E-state index is -0.0979. The third-order valence-corrected chi connectivity index (χ3v) is 2.91. The Balaban J connectivity index is 3.35. The minimum absolute atomic E-state index is 0.0979. The molecule has 0 aromatic rings. The van der Waals surface area contributed by atoms with E-state index in [0.29, 0.717) is 18.3 Å². The van der Waals surface area contributed by atoms with Gasteiger partial charge in [-0.2, -0.15) is 11.8 Å². The van der Waals surface area contributed by atoms with E-state index in [1.54, 1.807) is 18.9 Å². The van der Waals surface area contributed by atoms with Gasteiger partial charge in [-0.25, -0.2) is 0 Å². The molecular weight excluding hydrogens is 200 g/mol. The fourth-order valence-electron chi connectivity index (χ4n) is 1.00. The monoisotopic (exact) mass is 220 g/mol. The first-order valence-electron chi connectivity index (χ1n) is 4.96. The lowest BCUT2D eigenvalue weighted by molar-refractivity contribution is -0.142. The van der Waals surface area contributed by atoms with Gasteiger partial charge in [-0.15, -0.1) is 0 Å². The van der Waals surface area contributed by atoms with Crippen molar-refractivity contribution in [1.29, 1.82) is 0 Å². The van der Waals surface area contributed by atoms with E-state index in [1.165, 1.54) is 0 Å². The van der Waals surface area contributed by atoms with Crippen molar-refractivity contribution in [1.82, 2.24) is 0 Å². The number of rotatable bonds is 8. The molecule has 4 heteroatoms. The highest BCUT2D eigenvalue weighted by Gasteiger charge is 2.09. The summed E-state index contributed by atoms with van der Waals surface area (Å²) in [6.45, 7) is 5.14. The molecule has 0 radical (unpaired) electrons. The molecule has 1 atom stereocenters. The number of carbonyl (C=O) groups is 1. The zero-order chi connectivity index (χ0) is 10.8. The van der Waals surface area contributed by atoms with Crippen LogP contribution in [0.5, 0.6) is 0 Å². The van der Waals surface area contributed by atoms with Crippen molar-refractivity contribution < 1.29 is 14.3 Å². The van der Waals surface area contributed by atoms with Crippen LogP contribution in [0.4, 0.5) is 0 Å². The van der Waals surface area contributed by atoms with Gasteiger partial charge in [0.25, 0.3) is 0 Å². The summed E-state index contributed by atoms with van der Waals surface area (Å²) in [5.74, 6) is 0.938. The molecule has 0 aromatic carbocycles. The number of esters is 1. The Bertz CT molecular complexity index is 150. The molecule has 0 saturated heterocycles. The van der Waals surface area contributed by atoms with Crippen LogP contribution in [0.2, 0.25) is 0 Å².